The third kappa shape index (κ3) is 25.5. The summed E-state index contributed by atoms with van der Waals surface area (Å²) in [6.45, 7) is 4.11. The first kappa shape index (κ1) is 41.0. The number of nitrogens with zero attached hydrogens (tertiary/aromatic N) is 1. The third-order valence-electron chi connectivity index (χ3n) is 6.64. The van der Waals surface area contributed by atoms with Gasteiger partial charge in [0, 0.05) is 19.3 Å². The molecule has 2 unspecified atom stereocenters. The third-order valence-corrected chi connectivity index (χ3v) is 6.64. The summed E-state index contributed by atoms with van der Waals surface area (Å²) in [7, 11) is 5.34. The maximum atomic E-state index is 12.4. The van der Waals surface area contributed by atoms with Crippen LogP contribution in [0.25, 0.3) is 0 Å². The number of carbonyl (C=O) groups is 3. The second-order valence-electron chi connectivity index (χ2n) is 11.7. The van der Waals surface area contributed by atoms with E-state index < -0.39 is 18.1 Å². The summed E-state index contributed by atoms with van der Waals surface area (Å²) >= 11 is 0. The van der Waals surface area contributed by atoms with Gasteiger partial charge in [-0.2, -0.15) is 0 Å². The van der Waals surface area contributed by atoms with Crippen molar-refractivity contribution in [2.45, 2.75) is 109 Å². The zero-order chi connectivity index (χ0) is 32.9. The molecule has 250 valence electrons. The average Bonchev–Trinajstić information content (AvgIpc) is 2.96. The monoisotopic (exact) mass is 617 g/mol. The lowest BCUT2D eigenvalue weighted by Crippen LogP contribution is -2.55. The van der Waals surface area contributed by atoms with Gasteiger partial charge in [0.2, 0.25) is 0 Å². The molecule has 0 saturated carbocycles. The second-order valence-corrected chi connectivity index (χ2v) is 11.7. The molecule has 0 fully saturated rings. The Morgan fingerprint density at radius 2 is 1.27 bits per heavy atom. The Bertz CT molecular complexity index is 912. The molecule has 0 aromatic rings. The Balaban J connectivity index is 4.23. The second kappa shape index (κ2) is 27.6. The van der Waals surface area contributed by atoms with Crippen LogP contribution in [-0.4, -0.2) is 75.5 Å². The number of allylic oxidation sites excluding steroid dienone is 10. The fourth-order valence-corrected chi connectivity index (χ4v) is 4.13. The molecular weight excluding hydrogens is 558 g/mol. The highest BCUT2D eigenvalue weighted by molar-refractivity contribution is 5.70. The van der Waals surface area contributed by atoms with Gasteiger partial charge in [0.1, 0.15) is 12.6 Å². The van der Waals surface area contributed by atoms with Crippen molar-refractivity contribution in [3.8, 4) is 0 Å². The van der Waals surface area contributed by atoms with E-state index in [-0.39, 0.29) is 55.5 Å². The molecule has 0 spiro atoms. The molecule has 0 aliphatic rings. The number of rotatable bonds is 27. The number of likely N-dealkylation sites (N-methyl/N-ethyl adjacent to an activating group) is 1. The van der Waals surface area contributed by atoms with Crippen LogP contribution in [0.15, 0.2) is 60.8 Å². The van der Waals surface area contributed by atoms with Crippen molar-refractivity contribution in [3.63, 3.8) is 0 Å². The first-order valence-corrected chi connectivity index (χ1v) is 16.3. The van der Waals surface area contributed by atoms with Gasteiger partial charge in [-0.1, -0.05) is 81.0 Å². The molecule has 8 nitrogen and oxygen atoms in total. The normalized spacial score (nSPS) is 13.9. The van der Waals surface area contributed by atoms with Crippen LogP contribution in [0.2, 0.25) is 0 Å². The van der Waals surface area contributed by atoms with E-state index in [9.17, 15) is 19.5 Å². The number of ether oxygens (including phenoxy) is 3. The molecule has 0 saturated heterocycles. The van der Waals surface area contributed by atoms with Crippen molar-refractivity contribution in [1.29, 1.82) is 0 Å². The molecule has 8 heteroatoms. The first-order chi connectivity index (χ1) is 21.1. The molecule has 44 heavy (non-hydrogen) atoms. The van der Waals surface area contributed by atoms with Gasteiger partial charge in [0.05, 0.1) is 40.3 Å². The molecule has 0 aliphatic heterocycles. The van der Waals surface area contributed by atoms with E-state index >= 15 is 0 Å². The Hall–Kier alpha value is -2.97. The van der Waals surface area contributed by atoms with Crippen LogP contribution < -0.4 is 5.11 Å². The van der Waals surface area contributed by atoms with Crippen LogP contribution in [-0.2, 0) is 28.6 Å². The van der Waals surface area contributed by atoms with Crippen LogP contribution in [0.5, 0.6) is 0 Å². The van der Waals surface area contributed by atoms with E-state index in [1.165, 1.54) is 0 Å². The smallest absolute Gasteiger partial charge is 0.306 e. The Morgan fingerprint density at radius 3 is 1.80 bits per heavy atom. The number of aliphatic carboxylic acids is 1. The minimum absolute atomic E-state index is 0.0200. The maximum Gasteiger partial charge on any atom is 0.306 e. The van der Waals surface area contributed by atoms with Gasteiger partial charge >= 0.3 is 11.9 Å². The van der Waals surface area contributed by atoms with Crippen LogP contribution in [0.3, 0.4) is 0 Å². The molecule has 2 atom stereocenters. The number of hydrogen-bond acceptors (Lipinski definition) is 7. The number of esters is 2. The van der Waals surface area contributed by atoms with Gasteiger partial charge in [-0.15, -0.1) is 0 Å². The number of hydrogen-bond donors (Lipinski definition) is 0. The summed E-state index contributed by atoms with van der Waals surface area (Å²) in [6.07, 6.45) is 31.1. The highest BCUT2D eigenvalue weighted by Gasteiger charge is 2.25. The van der Waals surface area contributed by atoms with E-state index in [1.54, 1.807) is 21.1 Å². The van der Waals surface area contributed by atoms with E-state index in [4.69, 9.17) is 14.2 Å². The molecule has 0 aliphatic carbocycles. The highest BCUT2D eigenvalue weighted by atomic mass is 16.6. The quantitative estimate of drug-likeness (QED) is 0.0470. The first-order valence-electron chi connectivity index (χ1n) is 16.3. The topological polar surface area (TPSA) is 102 Å². The highest BCUT2D eigenvalue weighted by Crippen LogP contribution is 2.10. The fourth-order valence-electron chi connectivity index (χ4n) is 4.13. The average molecular weight is 618 g/mol. The zero-order valence-electron chi connectivity index (χ0n) is 28.0. The summed E-state index contributed by atoms with van der Waals surface area (Å²) in [5, 5.41) is 11.4. The number of quaternary nitrogens is 1. The minimum atomic E-state index is -1.14. The number of carboxylic acid groups (broad SMARTS) is 1. The van der Waals surface area contributed by atoms with Gasteiger partial charge < -0.3 is 28.6 Å². The molecular formula is C36H59NO7. The van der Waals surface area contributed by atoms with Crippen LogP contribution in [0, 0.1) is 0 Å². The van der Waals surface area contributed by atoms with Gasteiger partial charge in [0.25, 0.3) is 0 Å². The summed E-state index contributed by atoms with van der Waals surface area (Å²) < 4.78 is 16.6. The van der Waals surface area contributed by atoms with Gasteiger partial charge in [-0.05, 0) is 57.8 Å². The SMILES string of the molecule is CC/C=C\C/C=C\C/C=C\C/C=C\C/C=C\CCCCCC(=O)OC(COCCC(C(=O)[O-])[N+](C)(C)C)COC(=O)CCC. The molecule has 0 aromatic heterocycles. The molecule has 0 heterocycles. The largest absolute Gasteiger partial charge is 0.544 e. The predicted octanol–water partition coefficient (Wildman–Crippen LogP) is 6.17. The number of carboxylic acids is 1. The lowest BCUT2D eigenvalue weighted by molar-refractivity contribution is -0.889. The predicted molar refractivity (Wildman–Crippen MR) is 176 cm³/mol. The van der Waals surface area contributed by atoms with Gasteiger partial charge in [-0.25, -0.2) is 0 Å². The molecule has 0 N–H and O–H groups in total. The van der Waals surface area contributed by atoms with Crippen molar-refractivity contribution < 1.29 is 38.2 Å². The van der Waals surface area contributed by atoms with E-state index in [0.29, 0.717) is 12.8 Å². The van der Waals surface area contributed by atoms with Crippen LogP contribution in [0.4, 0.5) is 0 Å². The fraction of sp³-hybridized carbons (Fsp3) is 0.639. The van der Waals surface area contributed by atoms with Crippen molar-refractivity contribution in [2.24, 2.45) is 0 Å². The zero-order valence-corrected chi connectivity index (χ0v) is 28.0. The van der Waals surface area contributed by atoms with Crippen LogP contribution >= 0.6 is 0 Å². The molecule has 0 aromatic carbocycles. The standard InChI is InChI=1S/C36H59NO7/c1-6-8-9-10-11-12-13-14-15-16-17-18-19-20-21-22-23-24-25-27-35(39)44-32(31-43-34(38)26-7-2)30-42-29-28-33(36(40)41)37(3,4)5/h8-9,11-12,14-15,17-18,20-21,32-33H,6-7,10,13,16,19,22-31H2,1-5H3/b9-8-,12-11-,15-14-,18-17-,21-20-. The lowest BCUT2D eigenvalue weighted by atomic mass is 10.1. The van der Waals surface area contributed by atoms with Crippen molar-refractivity contribution >= 4 is 17.9 Å². The molecule has 0 rings (SSSR count). The molecule has 0 bridgehead atoms. The molecule has 0 amide bonds. The van der Waals surface area contributed by atoms with Gasteiger partial charge in [0.15, 0.2) is 6.10 Å². The van der Waals surface area contributed by atoms with Crippen molar-refractivity contribution in [3.05, 3.63) is 60.8 Å². The summed E-state index contributed by atoms with van der Waals surface area (Å²) in [5.74, 6) is -1.86. The minimum Gasteiger partial charge on any atom is -0.544 e. The Labute approximate surface area is 267 Å². The van der Waals surface area contributed by atoms with Crippen molar-refractivity contribution in [1.82, 2.24) is 0 Å². The summed E-state index contributed by atoms with van der Waals surface area (Å²) in [6, 6.07) is -0.729. The number of unbranched alkanes of at least 4 members (excludes halogenated alkanes) is 3. The molecule has 0 radical (unpaired) electrons. The van der Waals surface area contributed by atoms with E-state index in [2.05, 4.69) is 67.7 Å². The lowest BCUT2D eigenvalue weighted by Gasteiger charge is -2.34. The number of carbonyl (C=O) groups excluding carboxylic acids is 3. The summed E-state index contributed by atoms with van der Waals surface area (Å²) in [5.41, 5.74) is 0. The van der Waals surface area contributed by atoms with Crippen molar-refractivity contribution in [2.75, 3.05) is 41.0 Å². The Morgan fingerprint density at radius 1 is 0.705 bits per heavy atom. The van der Waals surface area contributed by atoms with Crippen LogP contribution in [0.1, 0.15) is 97.3 Å². The van der Waals surface area contributed by atoms with E-state index in [1.807, 2.05) is 6.92 Å². The van der Waals surface area contributed by atoms with E-state index in [0.717, 1.165) is 51.4 Å². The maximum absolute atomic E-state index is 12.4. The summed E-state index contributed by atoms with van der Waals surface area (Å²) in [4.78, 5) is 35.7. The van der Waals surface area contributed by atoms with Gasteiger partial charge in [-0.3, -0.25) is 9.59 Å². The Kier molecular flexibility index (Phi) is 25.7.